The lowest BCUT2D eigenvalue weighted by atomic mass is 10.00. The number of anilines is 1. The molecule has 0 amide bonds. The fourth-order valence-electron chi connectivity index (χ4n) is 4.56. The number of methoxy groups -OCH3 is 2. The molecule has 0 radical (unpaired) electrons. The van der Waals surface area contributed by atoms with Crippen LogP contribution in [-0.2, 0) is 4.74 Å². The van der Waals surface area contributed by atoms with Gasteiger partial charge in [-0.05, 0) is 60.7 Å². The molecule has 2 aromatic heterocycles. The Bertz CT molecular complexity index is 1370. The lowest BCUT2D eigenvalue weighted by Crippen LogP contribution is -2.30. The number of pyridine rings is 1. The molecule has 2 atom stereocenters. The molecule has 0 spiro atoms. The number of hydrogen-bond donors (Lipinski definition) is 1. The molecule has 0 saturated carbocycles. The number of aromatic nitrogens is 2. The molecule has 1 aliphatic rings. The molecule has 3 heterocycles. The molecule has 1 aliphatic heterocycles. The second-order valence-corrected chi connectivity index (χ2v) is 8.37. The summed E-state index contributed by atoms with van der Waals surface area (Å²) in [5, 5.41) is 4.03. The second-order valence-electron chi connectivity index (χ2n) is 7.98. The van der Waals surface area contributed by atoms with E-state index >= 15 is 0 Å². The van der Waals surface area contributed by atoms with E-state index in [1.807, 2.05) is 83.6 Å². The molecule has 2 aromatic carbocycles. The molecule has 35 heavy (non-hydrogen) atoms. The molecular formula is C27H24N4O3S. The summed E-state index contributed by atoms with van der Waals surface area (Å²) in [6.45, 7) is 0. The summed E-state index contributed by atoms with van der Waals surface area (Å²) in [5.74, 6) is 0.305. The summed E-state index contributed by atoms with van der Waals surface area (Å²) < 4.78 is 12.7. The maximum atomic E-state index is 12.6. The first kappa shape index (κ1) is 22.6. The summed E-state index contributed by atoms with van der Waals surface area (Å²) in [4.78, 5) is 19.2. The first-order valence-corrected chi connectivity index (χ1v) is 11.5. The van der Waals surface area contributed by atoms with Crippen LogP contribution in [-0.4, -0.2) is 34.9 Å². The average Bonchev–Trinajstić information content (AvgIpc) is 3.52. The predicted octanol–water partition coefficient (Wildman–Crippen LogP) is 4.84. The van der Waals surface area contributed by atoms with Gasteiger partial charge in [-0.15, -0.1) is 0 Å². The van der Waals surface area contributed by atoms with Crippen molar-refractivity contribution < 1.29 is 14.3 Å². The van der Waals surface area contributed by atoms with Crippen molar-refractivity contribution in [2.75, 3.05) is 19.1 Å². The zero-order chi connectivity index (χ0) is 24.4. The third-order valence-electron chi connectivity index (χ3n) is 6.10. The standard InChI is InChI=1S/C27H24N4O3S/c1-33-23-15-6-5-13-21(23)31-25(24(29-27(31)35)19-11-7-8-16-28-19)22-14-9-17-30(22)20-12-4-3-10-18(20)26(32)34-2/h3-17,24-25H,1-2H3,(H,29,35)/t24-,25+/m1/s1. The molecule has 5 rings (SSSR count). The molecule has 1 fully saturated rings. The topological polar surface area (TPSA) is 68.6 Å². The molecule has 1 saturated heterocycles. The van der Waals surface area contributed by atoms with Crippen LogP contribution in [0.3, 0.4) is 0 Å². The molecule has 1 N–H and O–H groups in total. The number of thiocarbonyl (C=S) groups is 1. The van der Waals surface area contributed by atoms with Crippen molar-refractivity contribution in [3.63, 3.8) is 0 Å². The van der Waals surface area contributed by atoms with E-state index in [2.05, 4.69) is 15.2 Å². The summed E-state index contributed by atoms with van der Waals surface area (Å²) >= 11 is 5.85. The van der Waals surface area contributed by atoms with Crippen LogP contribution in [0.25, 0.3) is 5.69 Å². The normalized spacial score (nSPS) is 17.2. The minimum absolute atomic E-state index is 0.243. The van der Waals surface area contributed by atoms with Gasteiger partial charge in [0.1, 0.15) is 11.8 Å². The number of carbonyl (C=O) groups excluding carboxylic acids is 1. The highest BCUT2D eigenvalue weighted by molar-refractivity contribution is 7.80. The van der Waals surface area contributed by atoms with Crippen LogP contribution < -0.4 is 15.0 Å². The summed E-state index contributed by atoms with van der Waals surface area (Å²) in [6, 6.07) is 24.5. The molecule has 176 valence electrons. The van der Waals surface area contributed by atoms with Gasteiger partial charge in [0.15, 0.2) is 5.11 Å². The van der Waals surface area contributed by atoms with Crippen molar-refractivity contribution in [1.82, 2.24) is 14.9 Å². The van der Waals surface area contributed by atoms with E-state index in [4.69, 9.17) is 21.7 Å². The average molecular weight is 485 g/mol. The van der Waals surface area contributed by atoms with Gasteiger partial charge in [-0.1, -0.05) is 30.3 Å². The predicted molar refractivity (Wildman–Crippen MR) is 138 cm³/mol. The van der Waals surface area contributed by atoms with Gasteiger partial charge in [0.05, 0.1) is 42.9 Å². The number of ether oxygens (including phenoxy) is 2. The Balaban J connectivity index is 1.71. The van der Waals surface area contributed by atoms with Crippen LogP contribution in [0.4, 0.5) is 5.69 Å². The van der Waals surface area contributed by atoms with Crippen molar-refractivity contribution in [3.8, 4) is 11.4 Å². The van der Waals surface area contributed by atoms with Crippen molar-refractivity contribution in [2.45, 2.75) is 12.1 Å². The zero-order valence-electron chi connectivity index (χ0n) is 19.3. The first-order chi connectivity index (χ1) is 17.1. The molecule has 0 aliphatic carbocycles. The number of nitrogens with one attached hydrogen (secondary N) is 1. The minimum atomic E-state index is -0.400. The smallest absolute Gasteiger partial charge is 0.339 e. The summed E-state index contributed by atoms with van der Waals surface area (Å²) in [6.07, 6.45) is 3.71. The third kappa shape index (κ3) is 4.02. The number of hydrogen-bond acceptors (Lipinski definition) is 5. The molecule has 8 heteroatoms. The number of carbonyl (C=O) groups is 1. The Kier molecular flexibility index (Phi) is 6.20. The van der Waals surface area contributed by atoms with Gasteiger partial charge < -0.3 is 24.3 Å². The van der Waals surface area contributed by atoms with E-state index in [9.17, 15) is 4.79 Å². The van der Waals surface area contributed by atoms with Gasteiger partial charge >= 0.3 is 5.97 Å². The minimum Gasteiger partial charge on any atom is -0.495 e. The fourth-order valence-corrected chi connectivity index (χ4v) is 4.90. The highest BCUT2D eigenvalue weighted by Gasteiger charge is 2.43. The van der Waals surface area contributed by atoms with Crippen molar-refractivity contribution in [3.05, 3.63) is 108 Å². The lowest BCUT2D eigenvalue weighted by molar-refractivity contribution is 0.0600. The summed E-state index contributed by atoms with van der Waals surface area (Å²) in [5.41, 5.74) is 3.81. The van der Waals surface area contributed by atoms with Gasteiger partial charge in [-0.3, -0.25) is 4.98 Å². The molecular weight excluding hydrogens is 460 g/mol. The largest absolute Gasteiger partial charge is 0.495 e. The SMILES string of the molecule is COC(=O)c1ccccc1-n1cccc1[C@H]1[C@@H](c2ccccn2)NC(=S)N1c1ccccc1OC. The second kappa shape index (κ2) is 9.60. The number of rotatable bonds is 6. The Hall–Kier alpha value is -4.17. The molecule has 0 unspecified atom stereocenters. The van der Waals surface area contributed by atoms with E-state index in [1.165, 1.54) is 7.11 Å². The number of para-hydroxylation sites is 3. The third-order valence-corrected chi connectivity index (χ3v) is 6.41. The quantitative estimate of drug-likeness (QED) is 0.310. The molecule has 4 aromatic rings. The lowest BCUT2D eigenvalue weighted by Gasteiger charge is -2.30. The van der Waals surface area contributed by atoms with Crippen LogP contribution in [0.15, 0.2) is 91.3 Å². The van der Waals surface area contributed by atoms with E-state index in [0.717, 1.165) is 22.8 Å². The van der Waals surface area contributed by atoms with Crippen LogP contribution in [0.2, 0.25) is 0 Å². The maximum Gasteiger partial charge on any atom is 0.339 e. The van der Waals surface area contributed by atoms with Crippen molar-refractivity contribution in [1.29, 1.82) is 0 Å². The van der Waals surface area contributed by atoms with Gasteiger partial charge in [0.25, 0.3) is 0 Å². The monoisotopic (exact) mass is 484 g/mol. The fraction of sp³-hybridized carbons (Fsp3) is 0.148. The van der Waals surface area contributed by atoms with Gasteiger partial charge in [0.2, 0.25) is 0 Å². The highest BCUT2D eigenvalue weighted by Crippen LogP contribution is 2.45. The Labute approximate surface area is 208 Å². The van der Waals surface area contributed by atoms with Crippen LogP contribution in [0.5, 0.6) is 5.75 Å². The van der Waals surface area contributed by atoms with Gasteiger partial charge in [-0.25, -0.2) is 4.79 Å². The van der Waals surface area contributed by atoms with Crippen LogP contribution in [0, 0.1) is 0 Å². The van der Waals surface area contributed by atoms with E-state index in [0.29, 0.717) is 16.4 Å². The first-order valence-electron chi connectivity index (χ1n) is 11.1. The Morgan fingerprint density at radius 2 is 1.69 bits per heavy atom. The van der Waals surface area contributed by atoms with E-state index in [1.54, 1.807) is 19.4 Å². The molecule has 7 nitrogen and oxygen atoms in total. The Morgan fingerprint density at radius 3 is 2.43 bits per heavy atom. The number of benzene rings is 2. The van der Waals surface area contributed by atoms with Crippen molar-refractivity contribution in [2.24, 2.45) is 0 Å². The highest BCUT2D eigenvalue weighted by atomic mass is 32.1. The maximum absolute atomic E-state index is 12.6. The van der Waals surface area contributed by atoms with E-state index < -0.39 is 5.97 Å². The van der Waals surface area contributed by atoms with Gasteiger partial charge in [-0.2, -0.15) is 0 Å². The Morgan fingerprint density at radius 1 is 0.943 bits per heavy atom. The molecule has 0 bridgehead atoms. The van der Waals surface area contributed by atoms with Crippen LogP contribution >= 0.6 is 12.2 Å². The van der Waals surface area contributed by atoms with Gasteiger partial charge in [0, 0.05) is 18.1 Å². The van der Waals surface area contributed by atoms with Crippen LogP contribution in [0.1, 0.15) is 33.8 Å². The number of nitrogens with zero attached hydrogens (tertiary/aromatic N) is 3. The van der Waals surface area contributed by atoms with Crippen molar-refractivity contribution >= 4 is 29.0 Å². The number of esters is 1. The summed E-state index contributed by atoms with van der Waals surface area (Å²) in [7, 11) is 3.03. The zero-order valence-corrected chi connectivity index (χ0v) is 20.1. The van der Waals surface area contributed by atoms with E-state index in [-0.39, 0.29) is 12.1 Å².